The van der Waals surface area contributed by atoms with Crippen LogP contribution in [0.3, 0.4) is 0 Å². The van der Waals surface area contributed by atoms with Crippen molar-refractivity contribution in [2.24, 2.45) is 5.73 Å². The zero-order valence-corrected chi connectivity index (χ0v) is 15.6. The molecule has 25 heavy (non-hydrogen) atoms. The summed E-state index contributed by atoms with van der Waals surface area (Å²) in [7, 11) is 0. The number of benzene rings is 1. The molecule has 0 aromatic heterocycles. The smallest absolute Gasteiger partial charge is 0.318 e. The summed E-state index contributed by atoms with van der Waals surface area (Å²) in [4.78, 5) is 26.0. The number of amides is 3. The highest BCUT2D eigenvalue weighted by atomic mass is 35.5. The molecule has 1 aliphatic heterocycles. The van der Waals surface area contributed by atoms with Crippen molar-refractivity contribution in [3.63, 3.8) is 0 Å². The molecule has 0 aliphatic carbocycles. The first kappa shape index (κ1) is 21.3. The van der Waals surface area contributed by atoms with Crippen LogP contribution in [-0.2, 0) is 17.8 Å². The number of nitrogens with two attached hydrogens (primary N) is 1. The van der Waals surface area contributed by atoms with E-state index in [9.17, 15) is 9.59 Å². The van der Waals surface area contributed by atoms with E-state index in [1.807, 2.05) is 18.2 Å². The fourth-order valence-corrected chi connectivity index (χ4v) is 2.91. The van der Waals surface area contributed by atoms with Gasteiger partial charge in [-0.15, -0.1) is 12.4 Å². The van der Waals surface area contributed by atoms with Crippen LogP contribution in [0.25, 0.3) is 0 Å². The Morgan fingerprint density at radius 3 is 2.68 bits per heavy atom. The van der Waals surface area contributed by atoms with E-state index in [1.165, 1.54) is 11.1 Å². The molecule has 0 saturated carbocycles. The molecule has 1 heterocycles. The van der Waals surface area contributed by atoms with Gasteiger partial charge < -0.3 is 21.3 Å². The van der Waals surface area contributed by atoms with Crippen LogP contribution < -0.4 is 16.4 Å². The number of nitrogens with zero attached hydrogens (tertiary/aromatic N) is 1. The summed E-state index contributed by atoms with van der Waals surface area (Å²) in [5.41, 5.74) is 8.13. The number of rotatable bonds is 7. The number of carbonyl (C=O) groups is 2. The third-order valence-electron chi connectivity index (χ3n) is 4.37. The van der Waals surface area contributed by atoms with Gasteiger partial charge in [-0.3, -0.25) is 4.79 Å². The first-order valence-corrected chi connectivity index (χ1v) is 8.73. The average Bonchev–Trinajstić information content (AvgIpc) is 2.62. The first-order valence-electron chi connectivity index (χ1n) is 8.73. The van der Waals surface area contributed by atoms with Gasteiger partial charge in [-0.1, -0.05) is 44.0 Å². The second kappa shape index (κ2) is 10.9. The van der Waals surface area contributed by atoms with Gasteiger partial charge >= 0.3 is 6.03 Å². The molecule has 4 N–H and O–H groups in total. The van der Waals surface area contributed by atoms with Gasteiger partial charge in [0.1, 0.15) is 0 Å². The molecule has 0 spiro atoms. The number of nitrogens with one attached hydrogen (secondary N) is 2. The Morgan fingerprint density at radius 1 is 1.28 bits per heavy atom. The molecular formula is C18H29ClN4O2. The number of hydrogen-bond acceptors (Lipinski definition) is 3. The highest BCUT2D eigenvalue weighted by Gasteiger charge is 2.20. The van der Waals surface area contributed by atoms with Gasteiger partial charge in [-0.25, -0.2) is 4.79 Å². The molecule has 0 saturated heterocycles. The van der Waals surface area contributed by atoms with Crippen LogP contribution in [0, 0.1) is 0 Å². The van der Waals surface area contributed by atoms with E-state index in [0.29, 0.717) is 19.6 Å². The molecule has 1 aromatic rings. The summed E-state index contributed by atoms with van der Waals surface area (Å²) < 4.78 is 0. The topological polar surface area (TPSA) is 87.5 Å². The minimum absolute atomic E-state index is 0. The maximum Gasteiger partial charge on any atom is 0.318 e. The maximum absolute atomic E-state index is 12.2. The average molecular weight is 369 g/mol. The van der Waals surface area contributed by atoms with Crippen molar-refractivity contribution >= 4 is 24.3 Å². The van der Waals surface area contributed by atoms with Crippen LogP contribution >= 0.6 is 12.4 Å². The highest BCUT2D eigenvalue weighted by molar-refractivity contribution is 5.85. The predicted octanol–water partition coefficient (Wildman–Crippen LogP) is 1.81. The van der Waals surface area contributed by atoms with Crippen LogP contribution in [0.2, 0.25) is 0 Å². The molecule has 7 heteroatoms. The SMILES string of the molecule is CCCCC(CN)NC(=O)CNC(=O)N1CCc2ccccc2C1.Cl. The summed E-state index contributed by atoms with van der Waals surface area (Å²) in [5.74, 6) is -0.188. The number of urea groups is 1. The quantitative estimate of drug-likeness (QED) is 0.685. The van der Waals surface area contributed by atoms with E-state index >= 15 is 0 Å². The van der Waals surface area contributed by atoms with Crippen molar-refractivity contribution < 1.29 is 9.59 Å². The van der Waals surface area contributed by atoms with Gasteiger partial charge in [-0.05, 0) is 24.0 Å². The van der Waals surface area contributed by atoms with Gasteiger partial charge in [0, 0.05) is 25.7 Å². The Bertz CT molecular complexity index is 568. The molecule has 1 aromatic carbocycles. The minimum Gasteiger partial charge on any atom is -0.351 e. The molecular weight excluding hydrogens is 340 g/mol. The predicted molar refractivity (Wildman–Crippen MR) is 102 cm³/mol. The fourth-order valence-electron chi connectivity index (χ4n) is 2.91. The molecule has 2 rings (SSSR count). The zero-order valence-electron chi connectivity index (χ0n) is 14.8. The number of halogens is 1. The summed E-state index contributed by atoms with van der Waals surface area (Å²) in [6, 6.07) is 7.93. The van der Waals surface area contributed by atoms with E-state index in [4.69, 9.17) is 5.73 Å². The fraction of sp³-hybridized carbons (Fsp3) is 0.556. The number of hydrogen-bond donors (Lipinski definition) is 3. The molecule has 0 fully saturated rings. The summed E-state index contributed by atoms with van der Waals surface area (Å²) in [6.07, 6.45) is 3.82. The number of unbranched alkanes of at least 4 members (excludes halogenated alkanes) is 1. The van der Waals surface area contributed by atoms with Gasteiger partial charge in [0.2, 0.25) is 5.91 Å². The molecule has 1 atom stereocenters. The normalized spacial score (nSPS) is 14.1. The summed E-state index contributed by atoms with van der Waals surface area (Å²) in [6.45, 7) is 3.77. The Hall–Kier alpha value is -1.79. The van der Waals surface area contributed by atoms with Gasteiger partial charge in [-0.2, -0.15) is 0 Å². The van der Waals surface area contributed by atoms with Gasteiger partial charge in [0.05, 0.1) is 6.54 Å². The zero-order chi connectivity index (χ0) is 17.4. The van der Waals surface area contributed by atoms with Crippen LogP contribution in [0.15, 0.2) is 24.3 Å². The van der Waals surface area contributed by atoms with E-state index in [-0.39, 0.29) is 36.9 Å². The number of fused-ring (bicyclic) bond motifs is 1. The summed E-state index contributed by atoms with van der Waals surface area (Å²) in [5, 5.41) is 5.58. The van der Waals surface area contributed by atoms with E-state index in [1.54, 1.807) is 4.90 Å². The van der Waals surface area contributed by atoms with Crippen LogP contribution in [0.1, 0.15) is 37.3 Å². The Balaban J connectivity index is 0.00000312. The highest BCUT2D eigenvalue weighted by Crippen LogP contribution is 2.18. The van der Waals surface area contributed by atoms with Crippen molar-refractivity contribution in [1.29, 1.82) is 0 Å². The van der Waals surface area contributed by atoms with Gasteiger partial charge in [0.15, 0.2) is 0 Å². The minimum atomic E-state index is -0.197. The third kappa shape index (κ3) is 6.55. The lowest BCUT2D eigenvalue weighted by Gasteiger charge is -2.29. The van der Waals surface area contributed by atoms with Crippen molar-refractivity contribution in [1.82, 2.24) is 15.5 Å². The van der Waals surface area contributed by atoms with Crippen molar-refractivity contribution in [3.05, 3.63) is 35.4 Å². The van der Waals surface area contributed by atoms with Crippen LogP contribution in [0.4, 0.5) is 4.79 Å². The van der Waals surface area contributed by atoms with Crippen molar-refractivity contribution in [2.75, 3.05) is 19.6 Å². The maximum atomic E-state index is 12.2. The standard InChI is InChI=1S/C18H28N4O2.ClH/c1-2-3-8-16(11-19)21-17(23)12-20-18(24)22-10-9-14-6-4-5-7-15(14)13-22;/h4-7,16H,2-3,8-13,19H2,1H3,(H,20,24)(H,21,23);1H. The van der Waals surface area contributed by atoms with E-state index in [0.717, 1.165) is 25.7 Å². The monoisotopic (exact) mass is 368 g/mol. The Kier molecular flexibility index (Phi) is 9.31. The molecule has 3 amide bonds. The molecule has 1 aliphatic rings. The second-order valence-electron chi connectivity index (χ2n) is 6.24. The largest absolute Gasteiger partial charge is 0.351 e. The van der Waals surface area contributed by atoms with Crippen LogP contribution in [-0.4, -0.2) is 42.5 Å². The molecule has 1 unspecified atom stereocenters. The van der Waals surface area contributed by atoms with Crippen molar-refractivity contribution in [3.8, 4) is 0 Å². The van der Waals surface area contributed by atoms with Gasteiger partial charge in [0.25, 0.3) is 0 Å². The third-order valence-corrected chi connectivity index (χ3v) is 4.37. The molecule has 0 bridgehead atoms. The molecule has 0 radical (unpaired) electrons. The van der Waals surface area contributed by atoms with Crippen LogP contribution in [0.5, 0.6) is 0 Å². The van der Waals surface area contributed by atoms with Crippen molar-refractivity contribution in [2.45, 2.75) is 45.2 Å². The first-order chi connectivity index (χ1) is 11.6. The van der Waals surface area contributed by atoms with E-state index in [2.05, 4.69) is 23.6 Å². The Labute approximate surface area is 155 Å². The molecule has 6 nitrogen and oxygen atoms in total. The second-order valence-corrected chi connectivity index (χ2v) is 6.24. The molecule has 140 valence electrons. The Morgan fingerprint density at radius 2 is 2.00 bits per heavy atom. The lowest BCUT2D eigenvalue weighted by atomic mass is 10.0. The lowest BCUT2D eigenvalue weighted by molar-refractivity contribution is -0.120. The van der Waals surface area contributed by atoms with E-state index < -0.39 is 0 Å². The lowest BCUT2D eigenvalue weighted by Crippen LogP contribution is -2.48. The number of carbonyl (C=O) groups excluding carboxylic acids is 2. The summed E-state index contributed by atoms with van der Waals surface area (Å²) >= 11 is 0.